The summed E-state index contributed by atoms with van der Waals surface area (Å²) in [6, 6.07) is 0. The van der Waals surface area contributed by atoms with E-state index < -0.39 is 0 Å². The molecule has 0 aliphatic heterocycles. The molecule has 1 aliphatic carbocycles. The van der Waals surface area contributed by atoms with Crippen LogP contribution in [0.2, 0.25) is 0 Å². The van der Waals surface area contributed by atoms with Gasteiger partial charge in [-0.15, -0.1) is 0 Å². The SMILES string of the molecule is CN(C)CCNCCC1CCCCC1. The first-order valence-corrected chi connectivity index (χ1v) is 6.14. The zero-order chi connectivity index (χ0) is 10.2. The number of nitrogens with one attached hydrogen (secondary N) is 1. The summed E-state index contributed by atoms with van der Waals surface area (Å²) in [7, 11) is 4.26. The Labute approximate surface area is 89.1 Å². The molecular formula is C12H26N2. The molecule has 1 saturated carbocycles. The Hall–Kier alpha value is -0.0800. The molecule has 84 valence electrons. The third-order valence-corrected chi connectivity index (χ3v) is 3.19. The predicted molar refractivity (Wildman–Crippen MR) is 62.6 cm³/mol. The van der Waals surface area contributed by atoms with E-state index in [2.05, 4.69) is 24.3 Å². The van der Waals surface area contributed by atoms with E-state index in [1.165, 1.54) is 45.1 Å². The Kier molecular flexibility index (Phi) is 6.20. The van der Waals surface area contributed by atoms with Gasteiger partial charge in [0.05, 0.1) is 0 Å². The molecule has 0 aromatic rings. The summed E-state index contributed by atoms with van der Waals surface area (Å²) in [5.74, 6) is 1.02. The zero-order valence-electron chi connectivity index (χ0n) is 9.89. The fourth-order valence-electron chi connectivity index (χ4n) is 2.21. The highest BCUT2D eigenvalue weighted by Crippen LogP contribution is 2.25. The molecule has 0 saturated heterocycles. The lowest BCUT2D eigenvalue weighted by Crippen LogP contribution is -2.28. The average molecular weight is 198 g/mol. The van der Waals surface area contributed by atoms with Crippen LogP contribution in [0, 0.1) is 5.92 Å². The Morgan fingerprint density at radius 1 is 1.07 bits per heavy atom. The normalized spacial score (nSPS) is 19.1. The Morgan fingerprint density at radius 2 is 1.79 bits per heavy atom. The van der Waals surface area contributed by atoms with Gasteiger partial charge in [-0.05, 0) is 33.0 Å². The first-order valence-electron chi connectivity index (χ1n) is 6.14. The van der Waals surface area contributed by atoms with Crippen molar-refractivity contribution in [2.75, 3.05) is 33.7 Å². The second kappa shape index (κ2) is 7.24. The molecule has 0 aromatic carbocycles. The highest BCUT2D eigenvalue weighted by atomic mass is 15.1. The number of hydrogen-bond acceptors (Lipinski definition) is 2. The average Bonchev–Trinajstić information content (AvgIpc) is 2.18. The van der Waals surface area contributed by atoms with Gasteiger partial charge in [0, 0.05) is 13.1 Å². The Morgan fingerprint density at radius 3 is 2.43 bits per heavy atom. The molecular weight excluding hydrogens is 172 g/mol. The van der Waals surface area contributed by atoms with Crippen LogP contribution in [0.4, 0.5) is 0 Å². The molecule has 0 spiro atoms. The molecule has 0 amide bonds. The van der Waals surface area contributed by atoms with Crippen LogP contribution in [0.3, 0.4) is 0 Å². The van der Waals surface area contributed by atoms with Gasteiger partial charge in [-0.25, -0.2) is 0 Å². The van der Waals surface area contributed by atoms with E-state index in [0.29, 0.717) is 0 Å². The molecule has 1 aliphatic rings. The molecule has 0 radical (unpaired) electrons. The standard InChI is InChI=1S/C12H26N2/c1-14(2)11-10-13-9-8-12-6-4-3-5-7-12/h12-13H,3-11H2,1-2H3. The maximum absolute atomic E-state index is 3.52. The number of likely N-dealkylation sites (N-methyl/N-ethyl adjacent to an activating group) is 1. The van der Waals surface area contributed by atoms with Crippen molar-refractivity contribution in [3.8, 4) is 0 Å². The quantitative estimate of drug-likeness (QED) is 0.658. The van der Waals surface area contributed by atoms with Gasteiger partial charge in [0.1, 0.15) is 0 Å². The topological polar surface area (TPSA) is 15.3 Å². The van der Waals surface area contributed by atoms with Crippen molar-refractivity contribution in [1.29, 1.82) is 0 Å². The smallest absolute Gasteiger partial charge is 0.0101 e. The van der Waals surface area contributed by atoms with Gasteiger partial charge in [-0.2, -0.15) is 0 Å². The van der Waals surface area contributed by atoms with Crippen molar-refractivity contribution in [2.45, 2.75) is 38.5 Å². The van der Waals surface area contributed by atoms with Crippen molar-refractivity contribution in [2.24, 2.45) is 5.92 Å². The van der Waals surface area contributed by atoms with E-state index in [4.69, 9.17) is 0 Å². The summed E-state index contributed by atoms with van der Waals surface area (Å²) in [5.41, 5.74) is 0. The van der Waals surface area contributed by atoms with E-state index in [0.717, 1.165) is 19.0 Å². The molecule has 1 N–H and O–H groups in total. The van der Waals surface area contributed by atoms with E-state index in [9.17, 15) is 0 Å². The Bertz CT molecular complexity index is 128. The van der Waals surface area contributed by atoms with Crippen LogP contribution >= 0.6 is 0 Å². The van der Waals surface area contributed by atoms with Gasteiger partial charge in [0.2, 0.25) is 0 Å². The van der Waals surface area contributed by atoms with Crippen molar-refractivity contribution in [3.05, 3.63) is 0 Å². The first kappa shape index (κ1) is 12.0. The number of rotatable bonds is 6. The third-order valence-electron chi connectivity index (χ3n) is 3.19. The highest BCUT2D eigenvalue weighted by Gasteiger charge is 2.12. The molecule has 0 aromatic heterocycles. The number of hydrogen-bond donors (Lipinski definition) is 1. The van der Waals surface area contributed by atoms with Gasteiger partial charge < -0.3 is 10.2 Å². The van der Waals surface area contributed by atoms with Crippen LogP contribution in [0.5, 0.6) is 0 Å². The molecule has 0 unspecified atom stereocenters. The summed E-state index contributed by atoms with van der Waals surface area (Å²) in [4.78, 5) is 2.23. The molecule has 0 bridgehead atoms. The molecule has 14 heavy (non-hydrogen) atoms. The first-order chi connectivity index (χ1) is 6.79. The fraction of sp³-hybridized carbons (Fsp3) is 1.00. The molecule has 0 heterocycles. The molecule has 1 rings (SSSR count). The minimum atomic E-state index is 1.02. The van der Waals surface area contributed by atoms with E-state index in [1.807, 2.05) is 0 Å². The largest absolute Gasteiger partial charge is 0.315 e. The molecule has 0 atom stereocenters. The molecule has 1 fully saturated rings. The molecule has 2 heteroatoms. The maximum Gasteiger partial charge on any atom is 0.0101 e. The lowest BCUT2D eigenvalue weighted by atomic mass is 9.87. The maximum atomic E-state index is 3.52. The zero-order valence-corrected chi connectivity index (χ0v) is 9.89. The minimum Gasteiger partial charge on any atom is -0.315 e. The summed E-state index contributed by atoms with van der Waals surface area (Å²) in [6.07, 6.45) is 8.79. The monoisotopic (exact) mass is 198 g/mol. The van der Waals surface area contributed by atoms with Crippen LogP contribution in [0.25, 0.3) is 0 Å². The van der Waals surface area contributed by atoms with Gasteiger partial charge in [-0.3, -0.25) is 0 Å². The van der Waals surface area contributed by atoms with Crippen molar-refractivity contribution in [3.63, 3.8) is 0 Å². The van der Waals surface area contributed by atoms with Gasteiger partial charge in [0.25, 0.3) is 0 Å². The van der Waals surface area contributed by atoms with Crippen LogP contribution in [0.1, 0.15) is 38.5 Å². The minimum absolute atomic E-state index is 1.02. The van der Waals surface area contributed by atoms with Gasteiger partial charge in [-0.1, -0.05) is 32.1 Å². The van der Waals surface area contributed by atoms with E-state index in [1.54, 1.807) is 0 Å². The van der Waals surface area contributed by atoms with E-state index >= 15 is 0 Å². The second-order valence-electron chi connectivity index (χ2n) is 4.85. The Balaban J connectivity index is 1.87. The summed E-state index contributed by atoms with van der Waals surface area (Å²) < 4.78 is 0. The van der Waals surface area contributed by atoms with Crippen molar-refractivity contribution < 1.29 is 0 Å². The second-order valence-corrected chi connectivity index (χ2v) is 4.85. The fourth-order valence-corrected chi connectivity index (χ4v) is 2.21. The van der Waals surface area contributed by atoms with Crippen LogP contribution in [-0.2, 0) is 0 Å². The summed E-state index contributed by atoms with van der Waals surface area (Å²) >= 11 is 0. The van der Waals surface area contributed by atoms with Gasteiger partial charge >= 0.3 is 0 Å². The molecule has 2 nitrogen and oxygen atoms in total. The van der Waals surface area contributed by atoms with Crippen LogP contribution in [0.15, 0.2) is 0 Å². The van der Waals surface area contributed by atoms with Crippen LogP contribution < -0.4 is 5.32 Å². The summed E-state index contributed by atoms with van der Waals surface area (Å²) in [6.45, 7) is 3.52. The third kappa shape index (κ3) is 5.61. The van der Waals surface area contributed by atoms with Gasteiger partial charge in [0.15, 0.2) is 0 Å². The highest BCUT2D eigenvalue weighted by molar-refractivity contribution is 4.66. The van der Waals surface area contributed by atoms with Crippen molar-refractivity contribution in [1.82, 2.24) is 10.2 Å². The predicted octanol–water partition coefficient (Wildman–Crippen LogP) is 2.11. The lowest BCUT2D eigenvalue weighted by molar-refractivity contribution is 0.329. The lowest BCUT2D eigenvalue weighted by Gasteiger charge is -2.21. The number of nitrogens with zero attached hydrogens (tertiary/aromatic N) is 1. The summed E-state index contributed by atoms with van der Waals surface area (Å²) in [5, 5.41) is 3.52. The van der Waals surface area contributed by atoms with Crippen molar-refractivity contribution >= 4 is 0 Å². The van der Waals surface area contributed by atoms with Crippen LogP contribution in [-0.4, -0.2) is 38.6 Å². The van der Waals surface area contributed by atoms with E-state index in [-0.39, 0.29) is 0 Å².